The fourth-order valence-corrected chi connectivity index (χ4v) is 2.48. The second-order valence-corrected chi connectivity index (χ2v) is 6.81. The molecule has 0 heterocycles. The van der Waals surface area contributed by atoms with Crippen molar-refractivity contribution in [2.24, 2.45) is 0 Å². The van der Waals surface area contributed by atoms with E-state index in [9.17, 15) is 9.59 Å². The standard InChI is InChI=1S/C22H25N3O4/c1-16(29-20-11-7-17(13-23)8-12-20)22(27)28-15-21(26)25(4)14-18-5-9-19(10-6-18)24(2)3/h5-12,16H,14-15H2,1-4H3. The molecule has 0 spiro atoms. The summed E-state index contributed by atoms with van der Waals surface area (Å²) in [6.07, 6.45) is -0.875. The van der Waals surface area contributed by atoms with E-state index >= 15 is 0 Å². The molecule has 0 radical (unpaired) electrons. The van der Waals surface area contributed by atoms with Crippen molar-refractivity contribution in [1.29, 1.82) is 5.26 Å². The van der Waals surface area contributed by atoms with Crippen LogP contribution in [0.3, 0.4) is 0 Å². The van der Waals surface area contributed by atoms with E-state index < -0.39 is 12.1 Å². The van der Waals surface area contributed by atoms with E-state index in [1.54, 1.807) is 38.2 Å². The smallest absolute Gasteiger partial charge is 0.347 e. The molecule has 1 amide bonds. The van der Waals surface area contributed by atoms with Gasteiger partial charge in [-0.3, -0.25) is 4.79 Å². The highest BCUT2D eigenvalue weighted by Gasteiger charge is 2.19. The Kier molecular flexibility index (Phi) is 7.61. The van der Waals surface area contributed by atoms with Gasteiger partial charge in [-0.2, -0.15) is 5.26 Å². The molecule has 0 N–H and O–H groups in total. The van der Waals surface area contributed by atoms with Crippen LogP contribution in [0.2, 0.25) is 0 Å². The van der Waals surface area contributed by atoms with Crippen LogP contribution in [0.1, 0.15) is 18.1 Å². The van der Waals surface area contributed by atoms with Crippen molar-refractivity contribution in [2.45, 2.75) is 19.6 Å². The van der Waals surface area contributed by atoms with Crippen LogP contribution in [0.5, 0.6) is 5.75 Å². The predicted molar refractivity (Wildman–Crippen MR) is 109 cm³/mol. The van der Waals surface area contributed by atoms with Crippen LogP contribution in [0.25, 0.3) is 0 Å². The molecule has 1 atom stereocenters. The molecular formula is C22H25N3O4. The molecule has 0 saturated heterocycles. The van der Waals surface area contributed by atoms with E-state index in [2.05, 4.69) is 0 Å². The maximum absolute atomic E-state index is 12.2. The van der Waals surface area contributed by atoms with Crippen molar-refractivity contribution in [3.8, 4) is 11.8 Å². The van der Waals surface area contributed by atoms with E-state index in [0.29, 0.717) is 17.9 Å². The Morgan fingerprint density at radius 2 is 1.66 bits per heavy atom. The van der Waals surface area contributed by atoms with Gasteiger partial charge in [0.1, 0.15) is 5.75 Å². The molecule has 7 nitrogen and oxygen atoms in total. The van der Waals surface area contributed by atoms with Gasteiger partial charge in [0, 0.05) is 33.4 Å². The van der Waals surface area contributed by atoms with Crippen molar-refractivity contribution in [3.05, 3.63) is 59.7 Å². The lowest BCUT2D eigenvalue weighted by molar-refractivity contribution is -0.157. The second kappa shape index (κ2) is 10.1. The van der Waals surface area contributed by atoms with Gasteiger partial charge in [0.2, 0.25) is 0 Å². The number of likely N-dealkylation sites (N-methyl/N-ethyl adjacent to an activating group) is 1. The summed E-state index contributed by atoms with van der Waals surface area (Å²) in [5, 5.41) is 8.79. The number of hydrogen-bond donors (Lipinski definition) is 0. The fraction of sp³-hybridized carbons (Fsp3) is 0.318. The Balaban J connectivity index is 1.80. The van der Waals surface area contributed by atoms with Gasteiger partial charge in [0.25, 0.3) is 5.91 Å². The summed E-state index contributed by atoms with van der Waals surface area (Å²) in [6.45, 7) is 1.61. The lowest BCUT2D eigenvalue weighted by Gasteiger charge is -2.19. The van der Waals surface area contributed by atoms with Crippen LogP contribution < -0.4 is 9.64 Å². The monoisotopic (exact) mass is 395 g/mol. The number of carbonyl (C=O) groups is 2. The zero-order valence-electron chi connectivity index (χ0n) is 17.1. The number of benzene rings is 2. The number of nitrogens with zero attached hydrogens (tertiary/aromatic N) is 3. The molecule has 152 valence electrons. The van der Waals surface area contributed by atoms with Crippen LogP contribution >= 0.6 is 0 Å². The van der Waals surface area contributed by atoms with Gasteiger partial charge >= 0.3 is 5.97 Å². The Hall–Kier alpha value is -3.53. The highest BCUT2D eigenvalue weighted by molar-refractivity contribution is 5.82. The van der Waals surface area contributed by atoms with Crippen molar-refractivity contribution < 1.29 is 19.1 Å². The molecule has 0 aliphatic rings. The van der Waals surface area contributed by atoms with Crippen LogP contribution in [-0.2, 0) is 20.9 Å². The molecule has 2 aromatic carbocycles. The lowest BCUT2D eigenvalue weighted by Crippen LogP contribution is -2.34. The Labute approximate surface area is 171 Å². The third-order valence-corrected chi connectivity index (χ3v) is 4.26. The summed E-state index contributed by atoms with van der Waals surface area (Å²) < 4.78 is 10.6. The largest absolute Gasteiger partial charge is 0.479 e. The molecule has 0 aliphatic carbocycles. The van der Waals surface area contributed by atoms with Crippen LogP contribution in [0.4, 0.5) is 5.69 Å². The number of esters is 1. The molecule has 29 heavy (non-hydrogen) atoms. The Morgan fingerprint density at radius 1 is 1.03 bits per heavy atom. The minimum Gasteiger partial charge on any atom is -0.479 e. The summed E-state index contributed by atoms with van der Waals surface area (Å²) in [5.41, 5.74) is 2.56. The third-order valence-electron chi connectivity index (χ3n) is 4.26. The first-order valence-electron chi connectivity index (χ1n) is 9.14. The van der Waals surface area contributed by atoms with Crippen LogP contribution in [0, 0.1) is 11.3 Å². The molecule has 2 aromatic rings. The number of rotatable bonds is 8. The number of ether oxygens (including phenoxy) is 2. The maximum atomic E-state index is 12.2. The normalized spacial score (nSPS) is 11.1. The molecule has 7 heteroatoms. The van der Waals surface area contributed by atoms with E-state index in [1.165, 1.54) is 4.90 Å². The zero-order valence-corrected chi connectivity index (χ0v) is 17.1. The first-order valence-corrected chi connectivity index (χ1v) is 9.14. The summed E-state index contributed by atoms with van der Waals surface area (Å²) in [4.78, 5) is 27.8. The van der Waals surface area contributed by atoms with Gasteiger partial charge in [0.15, 0.2) is 12.7 Å². The summed E-state index contributed by atoms with van der Waals surface area (Å²) >= 11 is 0. The predicted octanol–water partition coefficient (Wildman–Crippen LogP) is 2.59. The SMILES string of the molecule is CC(Oc1ccc(C#N)cc1)C(=O)OCC(=O)N(C)Cc1ccc(N(C)C)cc1. The maximum Gasteiger partial charge on any atom is 0.347 e. The Morgan fingerprint density at radius 3 is 2.21 bits per heavy atom. The third kappa shape index (κ3) is 6.54. The average Bonchev–Trinajstić information content (AvgIpc) is 2.72. The zero-order chi connectivity index (χ0) is 21.4. The summed E-state index contributed by atoms with van der Waals surface area (Å²) in [7, 11) is 5.59. The molecule has 0 aliphatic heterocycles. The molecule has 0 bridgehead atoms. The number of amides is 1. The Bertz CT molecular complexity index is 870. The van der Waals surface area contributed by atoms with Gasteiger partial charge in [-0.25, -0.2) is 4.79 Å². The number of anilines is 1. The van der Waals surface area contributed by atoms with E-state index in [4.69, 9.17) is 14.7 Å². The summed E-state index contributed by atoms with van der Waals surface area (Å²) in [6, 6.07) is 16.3. The van der Waals surface area contributed by atoms with Crippen LogP contribution in [0.15, 0.2) is 48.5 Å². The minimum atomic E-state index is -0.875. The summed E-state index contributed by atoms with van der Waals surface area (Å²) in [5.74, 6) is -0.495. The van der Waals surface area contributed by atoms with Gasteiger partial charge in [-0.05, 0) is 48.9 Å². The van der Waals surface area contributed by atoms with Gasteiger partial charge < -0.3 is 19.3 Å². The van der Waals surface area contributed by atoms with Gasteiger partial charge in [-0.15, -0.1) is 0 Å². The van der Waals surface area contributed by atoms with Crippen molar-refractivity contribution in [2.75, 3.05) is 32.6 Å². The number of hydrogen-bond acceptors (Lipinski definition) is 6. The van der Waals surface area contributed by atoms with Crippen LogP contribution in [-0.4, -0.2) is 50.6 Å². The first kappa shape index (κ1) is 21.8. The van der Waals surface area contributed by atoms with E-state index in [-0.39, 0.29) is 12.5 Å². The topological polar surface area (TPSA) is 82.9 Å². The lowest BCUT2D eigenvalue weighted by atomic mass is 10.2. The average molecular weight is 395 g/mol. The molecule has 0 fully saturated rings. The molecule has 0 aromatic heterocycles. The van der Waals surface area contributed by atoms with E-state index in [0.717, 1.165) is 11.3 Å². The molecule has 2 rings (SSSR count). The van der Waals surface area contributed by atoms with Crippen molar-refractivity contribution >= 4 is 17.6 Å². The highest BCUT2D eigenvalue weighted by atomic mass is 16.6. The minimum absolute atomic E-state index is 0.305. The number of nitriles is 1. The van der Waals surface area contributed by atoms with Crippen molar-refractivity contribution in [3.63, 3.8) is 0 Å². The molecular weight excluding hydrogens is 370 g/mol. The van der Waals surface area contributed by atoms with Crippen molar-refractivity contribution in [1.82, 2.24) is 4.90 Å². The molecule has 0 saturated carbocycles. The highest BCUT2D eigenvalue weighted by Crippen LogP contribution is 2.15. The van der Waals surface area contributed by atoms with Gasteiger partial charge in [0.05, 0.1) is 11.6 Å². The first-order chi connectivity index (χ1) is 13.8. The quantitative estimate of drug-likeness (QED) is 0.639. The number of carbonyl (C=O) groups excluding carboxylic acids is 2. The second-order valence-electron chi connectivity index (χ2n) is 6.81. The van der Waals surface area contributed by atoms with E-state index in [1.807, 2.05) is 49.3 Å². The fourth-order valence-electron chi connectivity index (χ4n) is 2.48. The molecule has 1 unspecified atom stereocenters. The van der Waals surface area contributed by atoms with Gasteiger partial charge in [-0.1, -0.05) is 12.1 Å².